The first kappa shape index (κ1) is 11.4. The molecule has 1 aromatic carbocycles. The predicted octanol–water partition coefficient (Wildman–Crippen LogP) is 2.42. The van der Waals surface area contributed by atoms with E-state index in [4.69, 9.17) is 9.47 Å². The van der Waals surface area contributed by atoms with Gasteiger partial charge in [-0.15, -0.1) is 0 Å². The van der Waals surface area contributed by atoms with E-state index in [1.165, 1.54) is 0 Å². The minimum Gasteiger partial charge on any atom is -0.497 e. The van der Waals surface area contributed by atoms with Crippen molar-refractivity contribution in [2.24, 2.45) is 0 Å². The van der Waals surface area contributed by atoms with Gasteiger partial charge in [0, 0.05) is 11.6 Å². The Morgan fingerprint density at radius 2 is 2.12 bits per heavy atom. The van der Waals surface area contributed by atoms with Crippen molar-refractivity contribution in [3.05, 3.63) is 36.2 Å². The number of pyridine rings is 1. The van der Waals surface area contributed by atoms with Crippen LogP contribution >= 0.6 is 0 Å². The van der Waals surface area contributed by atoms with Gasteiger partial charge in [-0.25, -0.2) is 9.78 Å². The first-order valence-electron chi connectivity index (χ1n) is 5.35. The number of hydrogen-bond donors (Lipinski definition) is 0. The lowest BCUT2D eigenvalue weighted by molar-refractivity contribution is 0.0519. The van der Waals surface area contributed by atoms with Gasteiger partial charge < -0.3 is 9.47 Å². The molecule has 88 valence electrons. The largest absolute Gasteiger partial charge is 0.497 e. The SMILES string of the molecule is CCOC(=O)c1cc2cc(OC)ccc2cn1. The number of carbonyl (C=O) groups is 1. The maximum absolute atomic E-state index is 11.5. The van der Waals surface area contributed by atoms with Gasteiger partial charge in [0.15, 0.2) is 0 Å². The second kappa shape index (κ2) is 4.82. The summed E-state index contributed by atoms with van der Waals surface area (Å²) in [5, 5.41) is 1.86. The molecule has 0 aliphatic rings. The molecule has 0 aliphatic heterocycles. The van der Waals surface area contributed by atoms with E-state index in [2.05, 4.69) is 4.98 Å². The lowest BCUT2D eigenvalue weighted by Crippen LogP contribution is -2.06. The summed E-state index contributed by atoms with van der Waals surface area (Å²) in [6, 6.07) is 7.32. The first-order chi connectivity index (χ1) is 8.24. The van der Waals surface area contributed by atoms with E-state index in [-0.39, 0.29) is 0 Å². The maximum Gasteiger partial charge on any atom is 0.356 e. The van der Waals surface area contributed by atoms with E-state index in [0.29, 0.717) is 12.3 Å². The van der Waals surface area contributed by atoms with Gasteiger partial charge in [-0.2, -0.15) is 0 Å². The molecule has 4 heteroatoms. The van der Waals surface area contributed by atoms with E-state index < -0.39 is 5.97 Å². The summed E-state index contributed by atoms with van der Waals surface area (Å²) in [5.74, 6) is 0.343. The van der Waals surface area contributed by atoms with Gasteiger partial charge in [-0.05, 0) is 36.6 Å². The zero-order valence-electron chi connectivity index (χ0n) is 9.77. The highest BCUT2D eigenvalue weighted by atomic mass is 16.5. The Bertz CT molecular complexity index is 551. The van der Waals surface area contributed by atoms with Crippen molar-refractivity contribution in [1.29, 1.82) is 0 Å². The lowest BCUT2D eigenvalue weighted by Gasteiger charge is -2.04. The molecular weight excluding hydrogens is 218 g/mol. The van der Waals surface area contributed by atoms with E-state index in [1.54, 1.807) is 26.3 Å². The van der Waals surface area contributed by atoms with Crippen molar-refractivity contribution in [3.8, 4) is 5.75 Å². The molecule has 17 heavy (non-hydrogen) atoms. The predicted molar refractivity (Wildman–Crippen MR) is 64.3 cm³/mol. The normalized spacial score (nSPS) is 10.2. The highest BCUT2D eigenvalue weighted by molar-refractivity contribution is 5.93. The summed E-state index contributed by atoms with van der Waals surface area (Å²) in [4.78, 5) is 15.6. The molecule has 0 aliphatic carbocycles. The van der Waals surface area contributed by atoms with Crippen molar-refractivity contribution < 1.29 is 14.3 Å². The van der Waals surface area contributed by atoms with Crippen molar-refractivity contribution in [2.45, 2.75) is 6.92 Å². The quantitative estimate of drug-likeness (QED) is 0.761. The summed E-state index contributed by atoms with van der Waals surface area (Å²) in [7, 11) is 1.61. The van der Waals surface area contributed by atoms with Crippen LogP contribution in [0.2, 0.25) is 0 Å². The molecule has 0 N–H and O–H groups in total. The van der Waals surface area contributed by atoms with Crippen LogP contribution in [0, 0.1) is 0 Å². The average molecular weight is 231 g/mol. The van der Waals surface area contributed by atoms with Crippen LogP contribution in [0.5, 0.6) is 5.75 Å². The van der Waals surface area contributed by atoms with Crippen LogP contribution in [-0.4, -0.2) is 24.7 Å². The van der Waals surface area contributed by atoms with Crippen LogP contribution in [0.15, 0.2) is 30.5 Å². The Morgan fingerprint density at radius 3 is 2.82 bits per heavy atom. The highest BCUT2D eigenvalue weighted by Gasteiger charge is 2.08. The first-order valence-corrected chi connectivity index (χ1v) is 5.35. The van der Waals surface area contributed by atoms with Crippen LogP contribution in [0.3, 0.4) is 0 Å². The molecule has 2 rings (SSSR count). The molecule has 0 radical (unpaired) electrons. The number of carbonyl (C=O) groups excluding carboxylic acids is 1. The molecule has 0 bridgehead atoms. The van der Waals surface area contributed by atoms with Crippen molar-refractivity contribution in [2.75, 3.05) is 13.7 Å². The molecule has 0 saturated heterocycles. The Labute approximate surface area is 99.2 Å². The summed E-state index contributed by atoms with van der Waals surface area (Å²) < 4.78 is 10.0. The van der Waals surface area contributed by atoms with Gasteiger partial charge >= 0.3 is 5.97 Å². The number of nitrogens with zero attached hydrogens (tertiary/aromatic N) is 1. The van der Waals surface area contributed by atoms with Crippen molar-refractivity contribution in [3.63, 3.8) is 0 Å². The summed E-state index contributed by atoms with van der Waals surface area (Å²) in [5.41, 5.74) is 0.313. The molecule has 0 fully saturated rings. The molecule has 1 aromatic heterocycles. The molecule has 0 saturated carbocycles. The zero-order valence-corrected chi connectivity index (χ0v) is 9.77. The van der Waals surface area contributed by atoms with Crippen molar-refractivity contribution in [1.82, 2.24) is 4.98 Å². The summed E-state index contributed by atoms with van der Waals surface area (Å²) in [6.07, 6.45) is 1.65. The molecule has 0 atom stereocenters. The monoisotopic (exact) mass is 231 g/mol. The Hall–Kier alpha value is -2.10. The Morgan fingerprint density at radius 1 is 1.29 bits per heavy atom. The van der Waals surface area contributed by atoms with Crippen LogP contribution in [0.25, 0.3) is 10.8 Å². The molecule has 0 spiro atoms. The third kappa shape index (κ3) is 2.36. The number of esters is 1. The summed E-state index contributed by atoms with van der Waals surface area (Å²) >= 11 is 0. The fourth-order valence-electron chi connectivity index (χ4n) is 1.56. The molecular formula is C13H13NO3. The van der Waals surface area contributed by atoms with Gasteiger partial charge in [-0.1, -0.05) is 0 Å². The minimum atomic E-state index is -0.405. The summed E-state index contributed by atoms with van der Waals surface area (Å²) in [6.45, 7) is 2.11. The highest BCUT2D eigenvalue weighted by Crippen LogP contribution is 2.20. The van der Waals surface area contributed by atoms with Crippen LogP contribution in [-0.2, 0) is 4.74 Å². The number of ether oxygens (including phenoxy) is 2. The fraction of sp³-hybridized carbons (Fsp3) is 0.231. The standard InChI is InChI=1S/C13H13NO3/c1-3-17-13(15)12-7-10-6-11(16-2)5-4-9(10)8-14-12/h4-8H,3H2,1-2H3. The molecule has 2 aromatic rings. The minimum absolute atomic E-state index is 0.313. The molecule has 4 nitrogen and oxygen atoms in total. The molecule has 0 amide bonds. The number of rotatable bonds is 3. The third-order valence-electron chi connectivity index (χ3n) is 2.41. The van der Waals surface area contributed by atoms with Gasteiger partial charge in [0.2, 0.25) is 0 Å². The van der Waals surface area contributed by atoms with Crippen LogP contribution in [0.4, 0.5) is 0 Å². The lowest BCUT2D eigenvalue weighted by atomic mass is 10.1. The molecule has 0 unspecified atom stereocenters. The van der Waals surface area contributed by atoms with Gasteiger partial charge in [0.25, 0.3) is 0 Å². The van der Waals surface area contributed by atoms with E-state index in [1.807, 2.05) is 18.2 Å². The number of methoxy groups -OCH3 is 1. The van der Waals surface area contributed by atoms with Crippen LogP contribution in [0.1, 0.15) is 17.4 Å². The third-order valence-corrected chi connectivity index (χ3v) is 2.41. The van der Waals surface area contributed by atoms with Gasteiger partial charge in [0.05, 0.1) is 13.7 Å². The zero-order chi connectivity index (χ0) is 12.3. The van der Waals surface area contributed by atoms with Crippen LogP contribution < -0.4 is 4.74 Å². The topological polar surface area (TPSA) is 48.4 Å². The second-order valence-electron chi connectivity index (χ2n) is 3.50. The van der Waals surface area contributed by atoms with E-state index >= 15 is 0 Å². The van der Waals surface area contributed by atoms with Crippen molar-refractivity contribution >= 4 is 16.7 Å². The second-order valence-corrected chi connectivity index (χ2v) is 3.50. The number of aromatic nitrogens is 1. The van der Waals surface area contributed by atoms with E-state index in [0.717, 1.165) is 16.5 Å². The Balaban J connectivity index is 2.44. The maximum atomic E-state index is 11.5. The molecule has 1 heterocycles. The van der Waals surface area contributed by atoms with Gasteiger partial charge in [0.1, 0.15) is 11.4 Å². The average Bonchev–Trinajstić information content (AvgIpc) is 2.37. The number of hydrogen-bond acceptors (Lipinski definition) is 4. The number of fused-ring (bicyclic) bond motifs is 1. The smallest absolute Gasteiger partial charge is 0.356 e. The number of benzene rings is 1. The van der Waals surface area contributed by atoms with Gasteiger partial charge in [-0.3, -0.25) is 0 Å². The Kier molecular flexibility index (Phi) is 3.23. The fourth-order valence-corrected chi connectivity index (χ4v) is 1.56. The van der Waals surface area contributed by atoms with E-state index in [9.17, 15) is 4.79 Å².